The summed E-state index contributed by atoms with van der Waals surface area (Å²) in [6.45, 7) is 6.01. The van der Waals surface area contributed by atoms with Gasteiger partial charge >= 0.3 is 6.18 Å². The lowest BCUT2D eigenvalue weighted by Gasteiger charge is -2.34. The first-order valence-corrected chi connectivity index (χ1v) is 10.9. The van der Waals surface area contributed by atoms with Crippen molar-refractivity contribution in [1.29, 1.82) is 0 Å². The predicted octanol–water partition coefficient (Wildman–Crippen LogP) is 5.34. The van der Waals surface area contributed by atoms with Crippen LogP contribution in [0.3, 0.4) is 0 Å². The van der Waals surface area contributed by atoms with Crippen LogP contribution in [-0.2, 0) is 6.18 Å². The van der Waals surface area contributed by atoms with E-state index in [-0.39, 0.29) is 0 Å². The number of anilines is 2. The van der Waals surface area contributed by atoms with Gasteiger partial charge in [0.1, 0.15) is 0 Å². The molecule has 1 fully saturated rings. The number of rotatable bonds is 4. The van der Waals surface area contributed by atoms with Crippen molar-refractivity contribution in [3.05, 3.63) is 48.0 Å². The Bertz CT molecular complexity index is 855. The molecule has 0 unspecified atom stereocenters. The molecule has 3 nitrogen and oxygen atoms in total. The normalized spacial score (nSPS) is 18.3. The molecule has 0 bridgehead atoms. The van der Waals surface area contributed by atoms with E-state index in [0.717, 1.165) is 61.0 Å². The molecule has 2 aromatic carbocycles. The molecule has 0 N–H and O–H groups in total. The topological polar surface area (TPSA) is 9.72 Å². The Morgan fingerprint density at radius 2 is 1.69 bits per heavy atom. The molecule has 0 saturated carbocycles. The summed E-state index contributed by atoms with van der Waals surface area (Å²) in [5.74, 6) is 0. The smallest absolute Gasteiger partial charge is 0.340 e. The summed E-state index contributed by atoms with van der Waals surface area (Å²) in [6, 6.07) is 12.1. The Labute approximate surface area is 174 Å². The Morgan fingerprint density at radius 3 is 2.52 bits per heavy atom. The first-order chi connectivity index (χ1) is 13.9. The van der Waals surface area contributed by atoms with Gasteiger partial charge in [-0.25, -0.2) is 0 Å². The van der Waals surface area contributed by atoms with Crippen LogP contribution in [0.2, 0.25) is 0 Å². The minimum Gasteiger partial charge on any atom is -0.340 e. The van der Waals surface area contributed by atoms with Crippen LogP contribution in [0.15, 0.2) is 52.3 Å². The van der Waals surface area contributed by atoms with Gasteiger partial charge in [-0.2, -0.15) is 13.2 Å². The number of likely N-dealkylation sites (N-methyl/N-ethyl adjacent to an activating group) is 1. The summed E-state index contributed by atoms with van der Waals surface area (Å²) < 4.78 is 39.9. The Hall–Kier alpha value is -1.70. The molecule has 156 valence electrons. The summed E-state index contributed by atoms with van der Waals surface area (Å²) in [5.41, 5.74) is 1.08. The fourth-order valence-electron chi connectivity index (χ4n) is 4.02. The SMILES string of the molecule is CN1CCCN(CCCN2c3ccccc3Sc3ccc(C(F)(F)F)cc32)CC1. The molecule has 29 heavy (non-hydrogen) atoms. The van der Waals surface area contributed by atoms with Gasteiger partial charge in [-0.05, 0) is 69.9 Å². The predicted molar refractivity (Wildman–Crippen MR) is 112 cm³/mol. The molecule has 0 radical (unpaired) electrons. The van der Waals surface area contributed by atoms with E-state index < -0.39 is 11.7 Å². The number of hydrogen-bond donors (Lipinski definition) is 0. The van der Waals surface area contributed by atoms with E-state index in [4.69, 9.17) is 0 Å². The molecule has 7 heteroatoms. The number of alkyl halides is 3. The average Bonchev–Trinajstić information content (AvgIpc) is 2.90. The van der Waals surface area contributed by atoms with Gasteiger partial charge in [0.05, 0.1) is 16.9 Å². The van der Waals surface area contributed by atoms with Gasteiger partial charge in [0, 0.05) is 29.4 Å². The summed E-state index contributed by atoms with van der Waals surface area (Å²) >= 11 is 1.55. The Morgan fingerprint density at radius 1 is 0.897 bits per heavy atom. The molecular weight excluding hydrogens is 395 g/mol. The number of halogens is 3. The van der Waals surface area contributed by atoms with E-state index in [2.05, 4.69) is 21.7 Å². The molecule has 2 heterocycles. The van der Waals surface area contributed by atoms with Gasteiger partial charge in [0.15, 0.2) is 0 Å². The van der Waals surface area contributed by atoms with E-state index >= 15 is 0 Å². The van der Waals surface area contributed by atoms with E-state index in [1.165, 1.54) is 12.1 Å². The van der Waals surface area contributed by atoms with Crippen LogP contribution >= 0.6 is 11.8 Å². The lowest BCUT2D eigenvalue weighted by Crippen LogP contribution is -2.32. The van der Waals surface area contributed by atoms with Crippen LogP contribution in [-0.4, -0.2) is 56.1 Å². The van der Waals surface area contributed by atoms with Gasteiger partial charge in [0.25, 0.3) is 0 Å². The monoisotopic (exact) mass is 421 g/mol. The van der Waals surface area contributed by atoms with E-state index in [0.29, 0.717) is 12.2 Å². The number of benzene rings is 2. The van der Waals surface area contributed by atoms with Crippen LogP contribution < -0.4 is 4.90 Å². The lowest BCUT2D eigenvalue weighted by molar-refractivity contribution is -0.137. The van der Waals surface area contributed by atoms with Crippen LogP contribution in [0.4, 0.5) is 24.5 Å². The number of hydrogen-bond acceptors (Lipinski definition) is 4. The number of fused-ring (bicyclic) bond motifs is 2. The second-order valence-electron chi connectivity index (χ2n) is 7.75. The second kappa shape index (κ2) is 8.58. The quantitative estimate of drug-likeness (QED) is 0.659. The zero-order valence-corrected chi connectivity index (χ0v) is 17.4. The van der Waals surface area contributed by atoms with Gasteiger partial charge in [-0.15, -0.1) is 0 Å². The van der Waals surface area contributed by atoms with Gasteiger partial charge in [-0.1, -0.05) is 23.9 Å². The van der Waals surface area contributed by atoms with E-state index in [9.17, 15) is 13.2 Å². The maximum absolute atomic E-state index is 13.3. The van der Waals surface area contributed by atoms with Crippen molar-refractivity contribution in [1.82, 2.24) is 9.80 Å². The molecule has 0 aliphatic carbocycles. The van der Waals surface area contributed by atoms with E-state index in [1.54, 1.807) is 17.8 Å². The molecule has 0 aromatic heterocycles. The molecule has 4 rings (SSSR count). The fraction of sp³-hybridized carbons (Fsp3) is 0.455. The first-order valence-electron chi connectivity index (χ1n) is 10.1. The maximum Gasteiger partial charge on any atom is 0.416 e. The number of para-hydroxylation sites is 1. The summed E-state index contributed by atoms with van der Waals surface area (Å²) in [7, 11) is 2.15. The molecule has 0 amide bonds. The minimum atomic E-state index is -4.33. The molecule has 0 atom stereocenters. The fourth-order valence-corrected chi connectivity index (χ4v) is 5.10. The Balaban J connectivity index is 1.54. The molecule has 2 aromatic rings. The van der Waals surface area contributed by atoms with Gasteiger partial charge < -0.3 is 14.7 Å². The van der Waals surface area contributed by atoms with E-state index in [1.807, 2.05) is 24.3 Å². The van der Waals surface area contributed by atoms with Gasteiger partial charge in [0.2, 0.25) is 0 Å². The molecule has 2 aliphatic rings. The minimum absolute atomic E-state index is 0.586. The lowest BCUT2D eigenvalue weighted by atomic mass is 10.1. The average molecular weight is 422 g/mol. The van der Waals surface area contributed by atoms with Crippen LogP contribution in [0.25, 0.3) is 0 Å². The van der Waals surface area contributed by atoms with Crippen molar-refractivity contribution < 1.29 is 13.2 Å². The molecule has 1 saturated heterocycles. The largest absolute Gasteiger partial charge is 0.416 e. The highest BCUT2D eigenvalue weighted by atomic mass is 32.2. The Kier molecular flexibility index (Phi) is 6.08. The highest BCUT2D eigenvalue weighted by molar-refractivity contribution is 7.99. The molecular formula is C22H26F3N3S. The zero-order chi connectivity index (χ0) is 20.4. The highest BCUT2D eigenvalue weighted by Gasteiger charge is 2.33. The second-order valence-corrected chi connectivity index (χ2v) is 8.84. The zero-order valence-electron chi connectivity index (χ0n) is 16.6. The summed E-state index contributed by atoms with van der Waals surface area (Å²) in [6.07, 6.45) is -2.25. The standard InChI is InChI=1S/C22H26F3N3S/c1-26-10-4-11-27(15-14-26)12-5-13-28-18-6-2-3-7-20(18)29-21-9-8-17(16-19(21)28)22(23,24)25/h2-3,6-9,16H,4-5,10-15H2,1H3. The third kappa shape index (κ3) is 4.73. The third-order valence-corrected chi connectivity index (χ3v) is 6.75. The van der Waals surface area contributed by atoms with Crippen molar-refractivity contribution in [2.45, 2.75) is 28.8 Å². The van der Waals surface area contributed by atoms with Crippen molar-refractivity contribution in [3.8, 4) is 0 Å². The van der Waals surface area contributed by atoms with Crippen molar-refractivity contribution in [2.24, 2.45) is 0 Å². The maximum atomic E-state index is 13.3. The number of nitrogens with zero attached hydrogens (tertiary/aromatic N) is 3. The van der Waals surface area contributed by atoms with Crippen molar-refractivity contribution >= 4 is 23.1 Å². The molecule has 0 spiro atoms. The molecule has 2 aliphatic heterocycles. The summed E-state index contributed by atoms with van der Waals surface area (Å²) in [4.78, 5) is 8.87. The van der Waals surface area contributed by atoms with Gasteiger partial charge in [-0.3, -0.25) is 0 Å². The van der Waals surface area contributed by atoms with Crippen molar-refractivity contribution in [2.75, 3.05) is 51.2 Å². The van der Waals surface area contributed by atoms with Crippen LogP contribution in [0, 0.1) is 0 Å². The first kappa shape index (κ1) is 20.6. The highest BCUT2D eigenvalue weighted by Crippen LogP contribution is 2.49. The van der Waals surface area contributed by atoms with Crippen LogP contribution in [0.1, 0.15) is 18.4 Å². The van der Waals surface area contributed by atoms with Crippen molar-refractivity contribution in [3.63, 3.8) is 0 Å². The van der Waals surface area contributed by atoms with Crippen LogP contribution in [0.5, 0.6) is 0 Å². The summed E-state index contributed by atoms with van der Waals surface area (Å²) in [5, 5.41) is 0. The third-order valence-electron chi connectivity index (χ3n) is 5.62.